The van der Waals surface area contributed by atoms with Crippen LogP contribution < -0.4 is 31.8 Å². The van der Waals surface area contributed by atoms with Crippen LogP contribution in [0.1, 0.15) is 77.6 Å². The summed E-state index contributed by atoms with van der Waals surface area (Å²) in [5, 5.41) is 8.52. The van der Waals surface area contributed by atoms with E-state index in [4.69, 9.17) is 0 Å². The molecule has 0 atom stereocenters. The minimum atomic E-state index is -0.808. The van der Waals surface area contributed by atoms with Crippen molar-refractivity contribution in [3.8, 4) is 0 Å². The van der Waals surface area contributed by atoms with Crippen LogP contribution in [0, 0.1) is 0 Å². The van der Waals surface area contributed by atoms with Gasteiger partial charge < -0.3 is 0 Å². The molecule has 0 spiro atoms. The summed E-state index contributed by atoms with van der Waals surface area (Å²) < 4.78 is 0. The molecule has 1 aliphatic heterocycles. The molecule has 0 bridgehead atoms. The highest BCUT2D eigenvalue weighted by atomic mass is 32.2. The quantitative estimate of drug-likeness (QED) is 0.155. The average molecular weight is 707 g/mol. The number of hydrogen-bond donors (Lipinski definition) is 0. The molecular weight excluding hydrogens is 659 g/mol. The van der Waals surface area contributed by atoms with E-state index in [1.807, 2.05) is 11.8 Å². The second-order valence-electron chi connectivity index (χ2n) is 16.0. The first-order valence-corrected chi connectivity index (χ1v) is 21.2. The zero-order valence-electron chi connectivity index (χ0n) is 30.7. The maximum atomic E-state index is 2.57. The molecule has 0 unspecified atom stereocenters. The number of benzene rings is 6. The van der Waals surface area contributed by atoms with E-state index < -0.39 is 15.8 Å². The van der Waals surface area contributed by atoms with Gasteiger partial charge in [0.15, 0.2) is 0 Å². The summed E-state index contributed by atoms with van der Waals surface area (Å²) in [5.41, 5.74) is 5.54. The maximum absolute atomic E-state index is 2.57. The van der Waals surface area contributed by atoms with Crippen LogP contribution in [0.3, 0.4) is 0 Å². The molecule has 0 radical (unpaired) electrons. The first-order valence-electron chi connectivity index (χ1n) is 17.7. The fourth-order valence-corrected chi connectivity index (χ4v) is 14.0. The van der Waals surface area contributed by atoms with Crippen molar-refractivity contribution in [1.82, 2.24) is 0 Å². The Hall–Kier alpha value is -3.47. The molecule has 6 aromatic carbocycles. The van der Waals surface area contributed by atoms with E-state index in [0.29, 0.717) is 0 Å². The summed E-state index contributed by atoms with van der Waals surface area (Å²) in [7, 11) is -1.62. The summed E-state index contributed by atoms with van der Waals surface area (Å²) in [5.74, 6) is 0. The molecule has 6 aromatic rings. The number of rotatable bonds is 6. The standard InChI is InChI=1S/C47H48P2S/c1-45(2,3)33-29-39-43(41(31-33)48(35-21-13-9-14-22-35)36-23-15-10-16-24-36)50-44-40(47(39,7)8)30-34(46(4,5)6)32-42(44)49(37-25-17-11-18-26-37)38-27-19-12-20-28-38/h9-32H,1-8H3. The summed E-state index contributed by atoms with van der Waals surface area (Å²) in [4.78, 5) is 2.88. The Morgan fingerprint density at radius 1 is 0.420 bits per heavy atom. The van der Waals surface area contributed by atoms with Crippen molar-refractivity contribution in [3.05, 3.63) is 168 Å². The molecule has 3 heteroatoms. The number of fused-ring (bicyclic) bond motifs is 2. The minimum absolute atomic E-state index is 0.00649. The fourth-order valence-electron chi connectivity index (χ4n) is 6.98. The lowest BCUT2D eigenvalue weighted by atomic mass is 9.73. The zero-order chi connectivity index (χ0) is 35.3. The van der Waals surface area contributed by atoms with Crippen LogP contribution in [0.25, 0.3) is 0 Å². The lowest BCUT2D eigenvalue weighted by Gasteiger charge is -2.41. The molecule has 0 amide bonds. The molecule has 1 heterocycles. The Morgan fingerprint density at radius 3 is 0.960 bits per heavy atom. The van der Waals surface area contributed by atoms with Gasteiger partial charge in [-0.2, -0.15) is 0 Å². The molecule has 0 aromatic heterocycles. The van der Waals surface area contributed by atoms with Crippen LogP contribution in [0.5, 0.6) is 0 Å². The van der Waals surface area contributed by atoms with E-state index in [1.54, 1.807) is 0 Å². The lowest BCUT2D eigenvalue weighted by molar-refractivity contribution is 0.566. The van der Waals surface area contributed by atoms with Gasteiger partial charge in [0.1, 0.15) is 0 Å². The molecule has 0 aliphatic carbocycles. The van der Waals surface area contributed by atoms with Gasteiger partial charge in [-0.3, -0.25) is 0 Å². The molecule has 252 valence electrons. The third-order valence-electron chi connectivity index (χ3n) is 9.96. The van der Waals surface area contributed by atoms with E-state index in [-0.39, 0.29) is 16.2 Å². The van der Waals surface area contributed by atoms with Gasteiger partial charge in [0.2, 0.25) is 0 Å². The molecule has 0 N–H and O–H groups in total. The van der Waals surface area contributed by atoms with E-state index in [1.165, 1.54) is 63.9 Å². The van der Waals surface area contributed by atoms with Crippen LogP contribution in [-0.4, -0.2) is 0 Å². The topological polar surface area (TPSA) is 0 Å². The van der Waals surface area contributed by atoms with Crippen LogP contribution in [0.4, 0.5) is 0 Å². The summed E-state index contributed by atoms with van der Waals surface area (Å²) in [6.07, 6.45) is 0. The van der Waals surface area contributed by atoms with Crippen molar-refractivity contribution < 1.29 is 0 Å². The first kappa shape index (κ1) is 35.0. The first-order chi connectivity index (χ1) is 23.8. The summed E-state index contributed by atoms with van der Waals surface area (Å²) in [6, 6.07) is 55.2. The monoisotopic (exact) mass is 706 g/mol. The summed E-state index contributed by atoms with van der Waals surface area (Å²) in [6.45, 7) is 19.2. The van der Waals surface area contributed by atoms with Gasteiger partial charge >= 0.3 is 0 Å². The number of hydrogen-bond acceptors (Lipinski definition) is 1. The highest BCUT2D eigenvalue weighted by Gasteiger charge is 2.40. The van der Waals surface area contributed by atoms with Crippen molar-refractivity contribution >= 4 is 59.4 Å². The van der Waals surface area contributed by atoms with Crippen LogP contribution in [0.15, 0.2) is 155 Å². The zero-order valence-corrected chi connectivity index (χ0v) is 33.3. The largest absolute Gasteiger partial charge is 0.0881 e. The average Bonchev–Trinajstić information content (AvgIpc) is 3.10. The van der Waals surface area contributed by atoms with Gasteiger partial charge in [-0.15, -0.1) is 0 Å². The smallest absolute Gasteiger partial charge is 0.0247 e. The molecule has 0 fully saturated rings. The third kappa shape index (κ3) is 6.66. The predicted molar refractivity (Wildman–Crippen MR) is 224 cm³/mol. The van der Waals surface area contributed by atoms with Crippen molar-refractivity contribution in [2.24, 2.45) is 0 Å². The van der Waals surface area contributed by atoms with E-state index in [9.17, 15) is 0 Å². The lowest BCUT2D eigenvalue weighted by Crippen LogP contribution is -2.34. The van der Waals surface area contributed by atoms with E-state index >= 15 is 0 Å². The van der Waals surface area contributed by atoms with Crippen LogP contribution in [0.2, 0.25) is 0 Å². The molecular formula is C47H48P2S. The van der Waals surface area contributed by atoms with Crippen molar-refractivity contribution in [2.45, 2.75) is 81.4 Å². The Morgan fingerprint density at radius 2 is 0.700 bits per heavy atom. The Balaban J connectivity index is 1.57. The van der Waals surface area contributed by atoms with Gasteiger partial charge in [-0.25, -0.2) is 0 Å². The summed E-state index contributed by atoms with van der Waals surface area (Å²) >= 11 is 2.04. The fraction of sp³-hybridized carbons (Fsp3) is 0.234. The van der Waals surface area contributed by atoms with Gasteiger partial charge in [0.05, 0.1) is 0 Å². The van der Waals surface area contributed by atoms with Crippen LogP contribution >= 0.6 is 27.6 Å². The van der Waals surface area contributed by atoms with Crippen molar-refractivity contribution in [2.75, 3.05) is 0 Å². The van der Waals surface area contributed by atoms with E-state index in [0.717, 1.165) is 0 Å². The molecule has 0 saturated carbocycles. The SMILES string of the molecule is CC(C)(C)c1cc(P(c2ccccc2)c2ccccc2)c2c(c1)C(C)(C)c1cc(C(C)(C)C)cc(P(c3ccccc3)c3ccccc3)c1S2. The highest BCUT2D eigenvalue weighted by molar-refractivity contribution is 8.01. The Kier molecular flexibility index (Phi) is 9.50. The molecule has 1 aliphatic rings. The van der Waals surface area contributed by atoms with E-state index in [2.05, 4.69) is 201 Å². The third-order valence-corrected chi connectivity index (χ3v) is 16.5. The van der Waals surface area contributed by atoms with Gasteiger partial charge in [0, 0.05) is 15.2 Å². The van der Waals surface area contributed by atoms with Gasteiger partial charge in [-0.1, -0.05) is 201 Å². The van der Waals surface area contributed by atoms with Gasteiger partial charge in [-0.05, 0) is 92.9 Å². The normalized spacial score (nSPS) is 14.0. The van der Waals surface area contributed by atoms with Gasteiger partial charge in [0.25, 0.3) is 0 Å². The Bertz CT molecular complexity index is 1880. The van der Waals surface area contributed by atoms with Crippen molar-refractivity contribution in [3.63, 3.8) is 0 Å². The Labute approximate surface area is 307 Å². The minimum Gasteiger partial charge on any atom is -0.0881 e. The molecule has 0 saturated heterocycles. The second kappa shape index (κ2) is 13.6. The maximum Gasteiger partial charge on any atom is 0.0247 e. The predicted octanol–water partition coefficient (Wildman–Crippen LogP) is 10.6. The van der Waals surface area contributed by atoms with Crippen LogP contribution in [-0.2, 0) is 16.2 Å². The highest BCUT2D eigenvalue weighted by Crippen LogP contribution is 2.54. The van der Waals surface area contributed by atoms with Crippen molar-refractivity contribution in [1.29, 1.82) is 0 Å². The molecule has 0 nitrogen and oxygen atoms in total. The second-order valence-corrected chi connectivity index (χ2v) is 21.4. The molecule has 7 rings (SSSR count). The molecule has 50 heavy (non-hydrogen) atoms.